The number of carboxylic acids is 1. The van der Waals surface area contributed by atoms with Gasteiger partial charge in [-0.05, 0) is 48.4 Å². The summed E-state index contributed by atoms with van der Waals surface area (Å²) < 4.78 is 0. The molecule has 2 fully saturated rings. The van der Waals surface area contributed by atoms with E-state index in [-0.39, 0.29) is 24.0 Å². The Kier molecular flexibility index (Phi) is 4.53. The van der Waals surface area contributed by atoms with Gasteiger partial charge in [-0.2, -0.15) is 0 Å². The van der Waals surface area contributed by atoms with Crippen molar-refractivity contribution in [3.63, 3.8) is 0 Å². The first-order valence-electron chi connectivity index (χ1n) is 9.39. The molecule has 4 rings (SSSR count). The van der Waals surface area contributed by atoms with Crippen LogP contribution in [0.25, 0.3) is 10.8 Å². The third kappa shape index (κ3) is 3.52. The second kappa shape index (κ2) is 6.98. The molecule has 2 aliphatic carbocycles. The SMILES string of the molecule is O=C(NC1CCC(C(=O)O)CC1)N[C@@H]1C[C@H]1c1cccc2ccccc12. The van der Waals surface area contributed by atoms with Crippen LogP contribution in [0.3, 0.4) is 0 Å². The molecule has 3 N–H and O–H groups in total. The lowest BCUT2D eigenvalue weighted by Crippen LogP contribution is -2.45. The fourth-order valence-corrected chi connectivity index (χ4v) is 4.15. The molecular weight excluding hydrogens is 328 g/mol. The number of rotatable bonds is 4. The molecule has 0 radical (unpaired) electrons. The number of aliphatic carboxylic acids is 1. The number of amides is 2. The number of hydrogen-bond acceptors (Lipinski definition) is 2. The van der Waals surface area contributed by atoms with Crippen LogP contribution in [0.2, 0.25) is 0 Å². The van der Waals surface area contributed by atoms with Gasteiger partial charge in [0.2, 0.25) is 0 Å². The van der Waals surface area contributed by atoms with Gasteiger partial charge in [-0.3, -0.25) is 4.79 Å². The quantitative estimate of drug-likeness (QED) is 0.786. The van der Waals surface area contributed by atoms with Crippen LogP contribution in [0.4, 0.5) is 4.79 Å². The first kappa shape index (κ1) is 16.9. The number of carboxylic acid groups (broad SMARTS) is 1. The van der Waals surface area contributed by atoms with Crippen molar-refractivity contribution in [2.24, 2.45) is 5.92 Å². The third-order valence-corrected chi connectivity index (χ3v) is 5.74. The van der Waals surface area contributed by atoms with Gasteiger partial charge in [0.05, 0.1) is 5.92 Å². The topological polar surface area (TPSA) is 78.4 Å². The van der Waals surface area contributed by atoms with E-state index < -0.39 is 5.97 Å². The highest BCUT2D eigenvalue weighted by Gasteiger charge is 2.40. The minimum atomic E-state index is -0.719. The molecule has 5 nitrogen and oxygen atoms in total. The lowest BCUT2D eigenvalue weighted by Gasteiger charge is -2.26. The molecule has 0 heterocycles. The maximum atomic E-state index is 12.3. The molecular formula is C21H24N2O3. The van der Waals surface area contributed by atoms with Crippen molar-refractivity contribution in [3.05, 3.63) is 48.0 Å². The third-order valence-electron chi connectivity index (χ3n) is 5.74. The Morgan fingerprint density at radius 3 is 2.42 bits per heavy atom. The monoisotopic (exact) mass is 352 g/mol. The first-order chi connectivity index (χ1) is 12.6. The van der Waals surface area contributed by atoms with Crippen molar-refractivity contribution in [2.45, 2.75) is 50.1 Å². The average Bonchev–Trinajstić information content (AvgIpc) is 3.40. The molecule has 26 heavy (non-hydrogen) atoms. The molecule has 0 aromatic heterocycles. The molecule has 2 atom stereocenters. The van der Waals surface area contributed by atoms with Crippen molar-refractivity contribution in [1.82, 2.24) is 10.6 Å². The predicted octanol–water partition coefficient (Wildman–Crippen LogP) is 3.64. The Morgan fingerprint density at radius 1 is 0.923 bits per heavy atom. The number of hydrogen-bond donors (Lipinski definition) is 3. The Morgan fingerprint density at radius 2 is 1.65 bits per heavy atom. The molecule has 5 heteroatoms. The van der Waals surface area contributed by atoms with Crippen LogP contribution in [-0.2, 0) is 4.79 Å². The Balaban J connectivity index is 1.31. The van der Waals surface area contributed by atoms with Crippen LogP contribution in [0.15, 0.2) is 42.5 Å². The standard InChI is InChI=1S/C21H24N2O3/c24-20(25)14-8-10-15(11-9-14)22-21(26)23-19-12-18(19)17-7-3-5-13-4-1-2-6-16(13)17/h1-7,14-15,18-19H,8-12H2,(H,24,25)(H2,22,23,26)/t14?,15?,18-,19+/m0/s1. The van der Waals surface area contributed by atoms with E-state index in [9.17, 15) is 9.59 Å². The van der Waals surface area contributed by atoms with Gasteiger partial charge in [0.15, 0.2) is 0 Å². The van der Waals surface area contributed by atoms with Crippen molar-refractivity contribution in [1.29, 1.82) is 0 Å². The Labute approximate surface area is 152 Å². The van der Waals surface area contributed by atoms with Crippen LogP contribution in [0.1, 0.15) is 43.6 Å². The summed E-state index contributed by atoms with van der Waals surface area (Å²) in [5.41, 5.74) is 1.30. The second-order valence-electron chi connectivity index (χ2n) is 7.52. The van der Waals surface area contributed by atoms with Gasteiger partial charge in [-0.1, -0.05) is 42.5 Å². The van der Waals surface area contributed by atoms with Gasteiger partial charge in [0, 0.05) is 18.0 Å². The normalized spacial score (nSPS) is 27.7. The highest BCUT2D eigenvalue weighted by Crippen LogP contribution is 2.43. The van der Waals surface area contributed by atoms with E-state index in [1.807, 2.05) is 6.07 Å². The smallest absolute Gasteiger partial charge is 0.315 e. The van der Waals surface area contributed by atoms with Crippen molar-refractivity contribution < 1.29 is 14.7 Å². The molecule has 2 aliphatic rings. The molecule has 0 unspecified atom stereocenters. The Hall–Kier alpha value is -2.56. The maximum absolute atomic E-state index is 12.3. The minimum Gasteiger partial charge on any atom is -0.481 e. The van der Waals surface area contributed by atoms with E-state index >= 15 is 0 Å². The van der Waals surface area contributed by atoms with E-state index in [0.717, 1.165) is 19.3 Å². The van der Waals surface area contributed by atoms with E-state index in [0.29, 0.717) is 18.8 Å². The zero-order valence-electron chi connectivity index (χ0n) is 14.7. The molecule has 2 aromatic rings. The predicted molar refractivity (Wildman–Crippen MR) is 100 cm³/mol. The molecule has 0 saturated heterocycles. The number of urea groups is 1. The summed E-state index contributed by atoms with van der Waals surface area (Å²) in [6.45, 7) is 0. The van der Waals surface area contributed by atoms with Gasteiger partial charge in [0.25, 0.3) is 0 Å². The molecule has 2 aromatic carbocycles. The molecule has 0 spiro atoms. The first-order valence-corrected chi connectivity index (χ1v) is 9.39. The van der Waals surface area contributed by atoms with Crippen LogP contribution in [0, 0.1) is 5.92 Å². The van der Waals surface area contributed by atoms with E-state index in [1.165, 1.54) is 16.3 Å². The molecule has 0 bridgehead atoms. The van der Waals surface area contributed by atoms with Gasteiger partial charge in [-0.25, -0.2) is 4.79 Å². The summed E-state index contributed by atoms with van der Waals surface area (Å²) in [5, 5.41) is 17.6. The summed E-state index contributed by atoms with van der Waals surface area (Å²) in [7, 11) is 0. The van der Waals surface area contributed by atoms with Gasteiger partial charge in [-0.15, -0.1) is 0 Å². The number of carbonyl (C=O) groups is 2. The number of benzene rings is 2. The molecule has 2 amide bonds. The maximum Gasteiger partial charge on any atom is 0.315 e. The summed E-state index contributed by atoms with van der Waals surface area (Å²) >= 11 is 0. The van der Waals surface area contributed by atoms with Crippen LogP contribution < -0.4 is 10.6 Å². The van der Waals surface area contributed by atoms with E-state index in [4.69, 9.17) is 5.11 Å². The summed E-state index contributed by atoms with van der Waals surface area (Å²) in [4.78, 5) is 23.3. The summed E-state index contributed by atoms with van der Waals surface area (Å²) in [6, 6.07) is 14.8. The van der Waals surface area contributed by atoms with Crippen LogP contribution in [-0.4, -0.2) is 29.2 Å². The van der Waals surface area contributed by atoms with E-state index in [1.54, 1.807) is 0 Å². The number of nitrogens with one attached hydrogen (secondary N) is 2. The van der Waals surface area contributed by atoms with Crippen molar-refractivity contribution in [2.75, 3.05) is 0 Å². The van der Waals surface area contributed by atoms with Gasteiger partial charge < -0.3 is 15.7 Å². The fraction of sp³-hybridized carbons (Fsp3) is 0.429. The number of carbonyl (C=O) groups excluding carboxylic acids is 1. The lowest BCUT2D eigenvalue weighted by molar-refractivity contribution is -0.142. The second-order valence-corrected chi connectivity index (χ2v) is 7.52. The molecule has 136 valence electrons. The average molecular weight is 352 g/mol. The van der Waals surface area contributed by atoms with Gasteiger partial charge in [0.1, 0.15) is 0 Å². The highest BCUT2D eigenvalue weighted by atomic mass is 16.4. The van der Waals surface area contributed by atoms with Crippen LogP contribution in [0.5, 0.6) is 0 Å². The zero-order chi connectivity index (χ0) is 18.1. The van der Waals surface area contributed by atoms with E-state index in [2.05, 4.69) is 47.0 Å². The summed E-state index contributed by atoms with van der Waals surface area (Å²) in [5.74, 6) is -0.603. The van der Waals surface area contributed by atoms with Crippen molar-refractivity contribution in [3.8, 4) is 0 Å². The highest BCUT2D eigenvalue weighted by molar-refractivity contribution is 5.87. The van der Waals surface area contributed by atoms with Crippen molar-refractivity contribution >= 4 is 22.8 Å². The minimum absolute atomic E-state index is 0.0837. The molecule has 2 saturated carbocycles. The Bertz CT molecular complexity index is 822. The van der Waals surface area contributed by atoms with Gasteiger partial charge >= 0.3 is 12.0 Å². The van der Waals surface area contributed by atoms with Crippen LogP contribution >= 0.6 is 0 Å². The lowest BCUT2D eigenvalue weighted by atomic mass is 9.86. The largest absolute Gasteiger partial charge is 0.481 e. The number of fused-ring (bicyclic) bond motifs is 1. The zero-order valence-corrected chi connectivity index (χ0v) is 14.7. The molecule has 0 aliphatic heterocycles. The summed E-state index contributed by atoms with van der Waals surface area (Å²) in [6.07, 6.45) is 3.72. The fourth-order valence-electron chi connectivity index (χ4n) is 4.15.